The number of hydrogen-bond donors (Lipinski definition) is 1. The summed E-state index contributed by atoms with van der Waals surface area (Å²) >= 11 is 0. The number of aryl methyl sites for hydroxylation is 1. The van der Waals surface area contributed by atoms with Crippen molar-refractivity contribution in [3.05, 3.63) is 36.0 Å². The van der Waals surface area contributed by atoms with Gasteiger partial charge >= 0.3 is 0 Å². The van der Waals surface area contributed by atoms with E-state index >= 15 is 0 Å². The Bertz CT molecular complexity index is 1460. The van der Waals surface area contributed by atoms with Gasteiger partial charge in [-0.15, -0.1) is 0 Å². The lowest BCUT2D eigenvalue weighted by Crippen LogP contribution is -2.41. The molecule has 0 unspecified atom stereocenters. The maximum absolute atomic E-state index is 13.4. The van der Waals surface area contributed by atoms with Crippen LogP contribution in [0.2, 0.25) is 0 Å². The fourth-order valence-electron chi connectivity index (χ4n) is 5.89. The number of carbonyl (C=O) groups is 1. The molecule has 2 aliphatic rings. The number of ether oxygens (including phenoxy) is 2. The second kappa shape index (κ2) is 8.86. The minimum Gasteiger partial charge on any atom is -0.481 e. The van der Waals surface area contributed by atoms with Crippen molar-refractivity contribution in [3.63, 3.8) is 0 Å². The topological polar surface area (TPSA) is 113 Å². The molecule has 0 spiro atoms. The number of pyridine rings is 2. The number of hydrogen-bond acceptors (Lipinski definition) is 7. The van der Waals surface area contributed by atoms with E-state index in [9.17, 15) is 4.79 Å². The lowest BCUT2D eigenvalue weighted by Gasteiger charge is -2.27. The number of rotatable bonds is 7. The summed E-state index contributed by atoms with van der Waals surface area (Å²) in [4.78, 5) is 29.7. The van der Waals surface area contributed by atoms with Crippen molar-refractivity contribution in [2.45, 2.75) is 44.9 Å². The molecule has 2 fully saturated rings. The van der Waals surface area contributed by atoms with Crippen LogP contribution < -0.4 is 10.5 Å². The van der Waals surface area contributed by atoms with E-state index in [4.69, 9.17) is 25.2 Å². The molecular weight excluding hydrogens is 458 g/mol. The molecule has 2 N–H and O–H groups in total. The quantitative estimate of drug-likeness (QED) is 0.425. The SMILES string of the molecule is CCn1c(-c2nc3cc(C(=O)N4C[C@H]5CC[C@@H]4[C@@H]5N)cnc3n2CCOC)cc2ccc(OC)nc21. The molecule has 1 aliphatic carbocycles. The molecule has 10 nitrogen and oxygen atoms in total. The number of piperidine rings is 1. The summed E-state index contributed by atoms with van der Waals surface area (Å²) in [6.07, 6.45) is 3.74. The highest BCUT2D eigenvalue weighted by Crippen LogP contribution is 2.37. The van der Waals surface area contributed by atoms with Gasteiger partial charge in [0.2, 0.25) is 5.88 Å². The molecule has 10 heteroatoms. The Balaban J connectivity index is 1.45. The molecule has 4 aromatic heterocycles. The van der Waals surface area contributed by atoms with Crippen LogP contribution in [0.15, 0.2) is 30.5 Å². The zero-order valence-corrected chi connectivity index (χ0v) is 20.8. The number of carbonyl (C=O) groups excluding carboxylic acids is 1. The predicted octanol–water partition coefficient (Wildman–Crippen LogP) is 2.68. The van der Waals surface area contributed by atoms with Gasteiger partial charge in [0.05, 0.1) is 25.0 Å². The number of likely N-dealkylation sites (tertiary alicyclic amines) is 1. The summed E-state index contributed by atoms with van der Waals surface area (Å²) in [7, 11) is 3.29. The van der Waals surface area contributed by atoms with E-state index in [0.717, 1.165) is 47.6 Å². The molecule has 0 aromatic carbocycles. The van der Waals surface area contributed by atoms with Gasteiger partial charge in [-0.1, -0.05) is 0 Å². The smallest absolute Gasteiger partial charge is 0.255 e. The molecular formula is C26H31N7O3. The maximum atomic E-state index is 13.4. The molecule has 4 aromatic rings. The third-order valence-corrected chi connectivity index (χ3v) is 7.74. The van der Waals surface area contributed by atoms with E-state index < -0.39 is 0 Å². The Morgan fingerprint density at radius 1 is 1.14 bits per heavy atom. The fourth-order valence-corrected chi connectivity index (χ4v) is 5.89. The van der Waals surface area contributed by atoms with Gasteiger partial charge in [-0.2, -0.15) is 4.98 Å². The molecule has 6 rings (SSSR count). The molecule has 2 bridgehead atoms. The maximum Gasteiger partial charge on any atom is 0.255 e. The summed E-state index contributed by atoms with van der Waals surface area (Å²) < 4.78 is 14.9. The van der Waals surface area contributed by atoms with Crippen molar-refractivity contribution in [2.24, 2.45) is 11.7 Å². The van der Waals surface area contributed by atoms with E-state index in [0.29, 0.717) is 42.6 Å². The Morgan fingerprint density at radius 3 is 2.69 bits per heavy atom. The number of methoxy groups -OCH3 is 2. The van der Waals surface area contributed by atoms with Gasteiger partial charge < -0.3 is 29.2 Å². The Kier molecular flexibility index (Phi) is 5.65. The van der Waals surface area contributed by atoms with Crippen molar-refractivity contribution in [2.75, 3.05) is 27.4 Å². The standard InChI is InChI=1S/C26H31N7O3/c1-4-31-20(12-15-6-8-21(36-3)30-23(15)31)25-29-18-11-17(13-28-24(18)32(25)9-10-35-2)26(34)33-14-16-5-7-19(33)22(16)27/h6,8,11-13,16,19,22H,4-5,7,9-10,14,27H2,1-3H3/t16-,19-,22-/m1/s1. The lowest BCUT2D eigenvalue weighted by atomic mass is 10.1. The summed E-state index contributed by atoms with van der Waals surface area (Å²) in [5.41, 5.74) is 10.1. The third kappa shape index (κ3) is 3.47. The molecule has 5 heterocycles. The zero-order chi connectivity index (χ0) is 25.0. The predicted molar refractivity (Wildman–Crippen MR) is 136 cm³/mol. The number of aromatic nitrogens is 5. The molecule has 1 saturated carbocycles. The van der Waals surface area contributed by atoms with Crippen LogP contribution in [0.25, 0.3) is 33.7 Å². The normalized spacial score (nSPS) is 21.2. The molecule has 36 heavy (non-hydrogen) atoms. The highest BCUT2D eigenvalue weighted by Gasteiger charge is 2.46. The molecule has 3 atom stereocenters. The van der Waals surface area contributed by atoms with Gasteiger partial charge in [0.15, 0.2) is 11.5 Å². The number of fused-ring (bicyclic) bond motifs is 4. The van der Waals surface area contributed by atoms with Crippen LogP contribution in [0.4, 0.5) is 0 Å². The second-order valence-corrected chi connectivity index (χ2v) is 9.63. The number of imidazole rings is 1. The van der Waals surface area contributed by atoms with Gasteiger partial charge in [-0.25, -0.2) is 9.97 Å². The van der Waals surface area contributed by atoms with Crippen LogP contribution in [0.3, 0.4) is 0 Å². The Hall–Kier alpha value is -3.50. The zero-order valence-electron chi connectivity index (χ0n) is 20.8. The van der Waals surface area contributed by atoms with Crippen molar-refractivity contribution in [1.29, 1.82) is 0 Å². The first-order valence-corrected chi connectivity index (χ1v) is 12.5. The van der Waals surface area contributed by atoms with Crippen LogP contribution in [0.5, 0.6) is 5.88 Å². The Labute approximate surface area is 209 Å². The van der Waals surface area contributed by atoms with E-state index in [1.165, 1.54) is 0 Å². The van der Waals surface area contributed by atoms with Gasteiger partial charge in [0, 0.05) is 56.5 Å². The average Bonchev–Trinajstić information content (AvgIpc) is 3.65. The minimum absolute atomic E-state index is 0.0148. The highest BCUT2D eigenvalue weighted by molar-refractivity contribution is 5.97. The van der Waals surface area contributed by atoms with Crippen LogP contribution in [0, 0.1) is 5.92 Å². The van der Waals surface area contributed by atoms with Crippen molar-refractivity contribution in [3.8, 4) is 17.4 Å². The van der Waals surface area contributed by atoms with Crippen LogP contribution in [-0.2, 0) is 17.8 Å². The molecule has 1 aliphatic heterocycles. The largest absolute Gasteiger partial charge is 0.481 e. The Morgan fingerprint density at radius 2 is 2.00 bits per heavy atom. The van der Waals surface area contributed by atoms with Gasteiger partial charge in [-0.05, 0) is 43.9 Å². The van der Waals surface area contributed by atoms with E-state index in [-0.39, 0.29) is 18.0 Å². The summed E-state index contributed by atoms with van der Waals surface area (Å²) in [5, 5.41) is 1.00. The van der Waals surface area contributed by atoms with Crippen LogP contribution in [-0.4, -0.2) is 74.3 Å². The van der Waals surface area contributed by atoms with Gasteiger partial charge in [-0.3, -0.25) is 4.79 Å². The minimum atomic E-state index is -0.0148. The fraction of sp³-hybridized carbons (Fsp3) is 0.462. The van der Waals surface area contributed by atoms with Gasteiger partial charge in [0.25, 0.3) is 5.91 Å². The second-order valence-electron chi connectivity index (χ2n) is 9.63. The van der Waals surface area contributed by atoms with Crippen LogP contribution in [0.1, 0.15) is 30.1 Å². The van der Waals surface area contributed by atoms with Crippen molar-refractivity contribution in [1.82, 2.24) is 29.0 Å². The van der Waals surface area contributed by atoms with Crippen LogP contribution >= 0.6 is 0 Å². The van der Waals surface area contributed by atoms with E-state index in [1.54, 1.807) is 20.4 Å². The molecule has 0 radical (unpaired) electrons. The number of amides is 1. The first-order chi connectivity index (χ1) is 17.5. The molecule has 1 saturated heterocycles. The molecule has 1 amide bonds. The summed E-state index contributed by atoms with van der Waals surface area (Å²) in [5.74, 6) is 1.72. The highest BCUT2D eigenvalue weighted by atomic mass is 16.5. The summed E-state index contributed by atoms with van der Waals surface area (Å²) in [6, 6.07) is 8.00. The van der Waals surface area contributed by atoms with E-state index in [2.05, 4.69) is 27.1 Å². The van der Waals surface area contributed by atoms with E-state index in [1.807, 2.05) is 23.1 Å². The number of nitrogens with two attached hydrogens (primary N) is 1. The number of nitrogens with zero attached hydrogens (tertiary/aromatic N) is 6. The first kappa shape index (κ1) is 22.9. The molecule has 188 valence electrons. The first-order valence-electron chi connectivity index (χ1n) is 12.5. The van der Waals surface area contributed by atoms with Crippen molar-refractivity contribution < 1.29 is 14.3 Å². The lowest BCUT2D eigenvalue weighted by molar-refractivity contribution is 0.0700. The van der Waals surface area contributed by atoms with Gasteiger partial charge in [0.1, 0.15) is 11.2 Å². The monoisotopic (exact) mass is 489 g/mol. The van der Waals surface area contributed by atoms with Crippen molar-refractivity contribution >= 4 is 28.1 Å². The third-order valence-electron chi connectivity index (χ3n) is 7.74. The summed E-state index contributed by atoms with van der Waals surface area (Å²) in [6.45, 7) is 4.60. The average molecular weight is 490 g/mol.